The van der Waals surface area contributed by atoms with E-state index in [1.54, 1.807) is 6.07 Å². The Hall–Kier alpha value is -3.72. The predicted molar refractivity (Wildman–Crippen MR) is 109 cm³/mol. The standard InChI is InChI=1S/C20H15ClFN5O3/c1-12-5-2-3-8-15(12)30-19-18-25-27(20(29)26(18)10-9-23-19)11-16(28)24-14-7-4-6-13(21)17(14)22/h2-10H,11H2,1H3,(H,24,28). The molecule has 0 unspecified atom stereocenters. The van der Waals surface area contributed by atoms with Gasteiger partial charge in [-0.1, -0.05) is 35.9 Å². The smallest absolute Gasteiger partial charge is 0.351 e. The number of para-hydroxylation sites is 1. The van der Waals surface area contributed by atoms with Crippen molar-refractivity contribution in [2.24, 2.45) is 0 Å². The highest BCUT2D eigenvalue weighted by Gasteiger charge is 2.17. The van der Waals surface area contributed by atoms with Crippen molar-refractivity contribution in [3.63, 3.8) is 0 Å². The maximum atomic E-state index is 14.0. The Balaban J connectivity index is 1.62. The van der Waals surface area contributed by atoms with E-state index in [-0.39, 0.29) is 22.2 Å². The fourth-order valence-corrected chi connectivity index (χ4v) is 2.98. The second-order valence-electron chi connectivity index (χ2n) is 6.38. The van der Waals surface area contributed by atoms with Crippen LogP contribution in [0.2, 0.25) is 5.02 Å². The number of anilines is 1. The second kappa shape index (κ2) is 7.96. The Morgan fingerprint density at radius 2 is 2.03 bits per heavy atom. The zero-order valence-corrected chi connectivity index (χ0v) is 16.4. The first-order valence-electron chi connectivity index (χ1n) is 8.85. The van der Waals surface area contributed by atoms with Crippen LogP contribution in [0.5, 0.6) is 11.6 Å². The van der Waals surface area contributed by atoms with Gasteiger partial charge in [-0.2, -0.15) is 0 Å². The van der Waals surface area contributed by atoms with E-state index in [0.29, 0.717) is 5.75 Å². The quantitative estimate of drug-likeness (QED) is 0.527. The first-order chi connectivity index (χ1) is 14.4. The van der Waals surface area contributed by atoms with Crippen LogP contribution in [-0.4, -0.2) is 25.1 Å². The molecule has 1 amide bonds. The molecule has 0 bridgehead atoms. The molecule has 0 saturated carbocycles. The molecule has 0 saturated heterocycles. The van der Waals surface area contributed by atoms with Crippen LogP contribution in [0.25, 0.3) is 5.65 Å². The lowest BCUT2D eigenvalue weighted by Crippen LogP contribution is -2.28. The van der Waals surface area contributed by atoms with Gasteiger partial charge in [0.2, 0.25) is 11.6 Å². The molecular formula is C20H15ClFN5O3. The summed E-state index contributed by atoms with van der Waals surface area (Å²) in [6.45, 7) is 1.44. The average Bonchev–Trinajstić information content (AvgIpc) is 3.04. The topological polar surface area (TPSA) is 90.5 Å². The molecule has 0 radical (unpaired) electrons. The van der Waals surface area contributed by atoms with Gasteiger partial charge in [0.1, 0.15) is 12.3 Å². The summed E-state index contributed by atoms with van der Waals surface area (Å²) in [7, 11) is 0. The number of rotatable bonds is 5. The van der Waals surface area contributed by atoms with Gasteiger partial charge in [-0.15, -0.1) is 5.10 Å². The number of aryl methyl sites for hydroxylation is 1. The lowest BCUT2D eigenvalue weighted by atomic mass is 10.2. The Labute approximate surface area is 174 Å². The molecule has 0 fully saturated rings. The molecule has 0 atom stereocenters. The van der Waals surface area contributed by atoms with Gasteiger partial charge in [0.15, 0.2) is 5.82 Å². The van der Waals surface area contributed by atoms with E-state index < -0.39 is 24.0 Å². The number of carbonyl (C=O) groups excluding carboxylic acids is 1. The van der Waals surface area contributed by atoms with Crippen LogP contribution >= 0.6 is 11.6 Å². The number of nitrogens with zero attached hydrogens (tertiary/aromatic N) is 4. The predicted octanol–water partition coefficient (Wildman–Crippen LogP) is 3.42. The highest BCUT2D eigenvalue weighted by Crippen LogP contribution is 2.25. The van der Waals surface area contributed by atoms with Crippen molar-refractivity contribution in [1.82, 2.24) is 19.2 Å². The summed E-state index contributed by atoms with van der Waals surface area (Å²) in [5.41, 5.74) is 0.372. The summed E-state index contributed by atoms with van der Waals surface area (Å²) in [4.78, 5) is 29.1. The molecule has 0 aliphatic carbocycles. The van der Waals surface area contributed by atoms with Crippen LogP contribution in [0, 0.1) is 12.7 Å². The third kappa shape index (κ3) is 3.74. The number of nitrogens with one attached hydrogen (secondary N) is 1. The van der Waals surface area contributed by atoms with Crippen LogP contribution in [0.1, 0.15) is 5.56 Å². The molecule has 8 nitrogen and oxygen atoms in total. The normalized spacial score (nSPS) is 10.9. The first-order valence-corrected chi connectivity index (χ1v) is 9.23. The van der Waals surface area contributed by atoms with Crippen LogP contribution in [0.4, 0.5) is 10.1 Å². The molecule has 4 rings (SSSR count). The van der Waals surface area contributed by atoms with E-state index in [1.165, 1.54) is 35.0 Å². The van der Waals surface area contributed by atoms with Gasteiger partial charge in [-0.05, 0) is 30.7 Å². The van der Waals surface area contributed by atoms with Crippen molar-refractivity contribution in [3.8, 4) is 11.6 Å². The minimum atomic E-state index is -0.756. The fourth-order valence-electron chi connectivity index (χ4n) is 2.80. The molecule has 30 heavy (non-hydrogen) atoms. The van der Waals surface area contributed by atoms with Crippen molar-refractivity contribution in [3.05, 3.63) is 81.7 Å². The zero-order chi connectivity index (χ0) is 21.3. The van der Waals surface area contributed by atoms with Gasteiger partial charge in [-0.25, -0.2) is 23.3 Å². The number of aromatic nitrogens is 4. The maximum absolute atomic E-state index is 14.0. The summed E-state index contributed by atoms with van der Waals surface area (Å²) in [5.74, 6) is -0.720. The van der Waals surface area contributed by atoms with Crippen LogP contribution in [-0.2, 0) is 11.3 Å². The van der Waals surface area contributed by atoms with Crippen molar-refractivity contribution in [2.75, 3.05) is 5.32 Å². The number of carbonyl (C=O) groups is 1. The Morgan fingerprint density at radius 3 is 2.83 bits per heavy atom. The number of ether oxygens (including phenoxy) is 1. The summed E-state index contributed by atoms with van der Waals surface area (Å²) in [5, 5.41) is 6.41. The van der Waals surface area contributed by atoms with Gasteiger partial charge < -0.3 is 10.1 Å². The van der Waals surface area contributed by atoms with E-state index >= 15 is 0 Å². The SMILES string of the molecule is Cc1ccccc1Oc1nccn2c(=O)n(CC(=O)Nc3cccc(Cl)c3F)nc12. The molecule has 10 heteroatoms. The summed E-state index contributed by atoms with van der Waals surface area (Å²) >= 11 is 5.71. The van der Waals surface area contributed by atoms with Gasteiger partial charge in [0, 0.05) is 12.4 Å². The van der Waals surface area contributed by atoms with Gasteiger partial charge in [-0.3, -0.25) is 4.79 Å². The van der Waals surface area contributed by atoms with E-state index in [9.17, 15) is 14.0 Å². The van der Waals surface area contributed by atoms with E-state index in [0.717, 1.165) is 10.2 Å². The van der Waals surface area contributed by atoms with E-state index in [4.69, 9.17) is 16.3 Å². The third-order valence-electron chi connectivity index (χ3n) is 4.29. The summed E-state index contributed by atoms with van der Waals surface area (Å²) < 4.78 is 21.9. The minimum absolute atomic E-state index is 0.0884. The second-order valence-corrected chi connectivity index (χ2v) is 6.79. The van der Waals surface area contributed by atoms with Crippen LogP contribution < -0.4 is 15.7 Å². The van der Waals surface area contributed by atoms with Crippen LogP contribution in [0.3, 0.4) is 0 Å². The van der Waals surface area contributed by atoms with Gasteiger partial charge in [0.05, 0.1) is 10.7 Å². The van der Waals surface area contributed by atoms with E-state index in [2.05, 4.69) is 15.4 Å². The summed E-state index contributed by atoms with van der Waals surface area (Å²) in [6.07, 6.45) is 2.82. The molecule has 0 aliphatic heterocycles. The monoisotopic (exact) mass is 427 g/mol. The number of fused-ring (bicyclic) bond motifs is 1. The number of hydrogen-bond acceptors (Lipinski definition) is 5. The molecular weight excluding hydrogens is 413 g/mol. The fraction of sp³-hybridized carbons (Fsp3) is 0.100. The Kier molecular flexibility index (Phi) is 5.20. The Morgan fingerprint density at radius 1 is 1.23 bits per heavy atom. The van der Waals surface area contributed by atoms with Crippen molar-refractivity contribution < 1.29 is 13.9 Å². The molecule has 2 heterocycles. The van der Waals surface area contributed by atoms with Crippen molar-refractivity contribution in [2.45, 2.75) is 13.5 Å². The zero-order valence-electron chi connectivity index (χ0n) is 15.7. The first kappa shape index (κ1) is 19.6. The minimum Gasteiger partial charge on any atom is -0.436 e. The molecule has 2 aromatic carbocycles. The Bertz CT molecular complexity index is 1320. The number of amides is 1. The molecule has 152 valence electrons. The van der Waals surface area contributed by atoms with Crippen LogP contribution in [0.15, 0.2) is 59.7 Å². The number of hydrogen-bond donors (Lipinski definition) is 1. The highest BCUT2D eigenvalue weighted by atomic mass is 35.5. The number of benzene rings is 2. The highest BCUT2D eigenvalue weighted by molar-refractivity contribution is 6.31. The number of halogens is 2. The molecule has 0 aliphatic rings. The van der Waals surface area contributed by atoms with Crippen molar-refractivity contribution >= 4 is 28.8 Å². The summed E-state index contributed by atoms with van der Waals surface area (Å²) in [6, 6.07) is 11.6. The maximum Gasteiger partial charge on any atom is 0.351 e. The molecule has 2 aromatic heterocycles. The van der Waals surface area contributed by atoms with Crippen molar-refractivity contribution in [1.29, 1.82) is 0 Å². The van der Waals surface area contributed by atoms with Gasteiger partial charge in [0.25, 0.3) is 5.88 Å². The lowest BCUT2D eigenvalue weighted by Gasteiger charge is -2.07. The molecule has 4 aromatic rings. The largest absolute Gasteiger partial charge is 0.436 e. The van der Waals surface area contributed by atoms with E-state index in [1.807, 2.05) is 25.1 Å². The lowest BCUT2D eigenvalue weighted by molar-refractivity contribution is -0.117. The van der Waals surface area contributed by atoms with Gasteiger partial charge >= 0.3 is 5.69 Å². The molecule has 1 N–H and O–H groups in total. The molecule has 0 spiro atoms. The third-order valence-corrected chi connectivity index (χ3v) is 4.58. The average molecular weight is 428 g/mol.